The van der Waals surface area contributed by atoms with Crippen molar-refractivity contribution in [3.8, 4) is 0 Å². The van der Waals surface area contributed by atoms with E-state index in [1.54, 1.807) is 6.92 Å². The predicted molar refractivity (Wildman–Crippen MR) is 102 cm³/mol. The molecule has 0 aromatic heterocycles. The second kappa shape index (κ2) is 6.37. The van der Waals surface area contributed by atoms with Gasteiger partial charge in [-0.05, 0) is 55.0 Å². The van der Waals surface area contributed by atoms with E-state index in [0.717, 1.165) is 34.1 Å². The molecule has 6 nitrogen and oxygen atoms in total. The molecule has 2 atom stereocenters. The molecule has 1 heterocycles. The van der Waals surface area contributed by atoms with E-state index in [9.17, 15) is 14.4 Å². The fourth-order valence-corrected chi connectivity index (χ4v) is 3.79. The molecule has 0 bridgehead atoms. The van der Waals surface area contributed by atoms with Gasteiger partial charge in [0, 0.05) is 0 Å². The number of benzene rings is 2. The summed E-state index contributed by atoms with van der Waals surface area (Å²) in [5.74, 6) is -0.471. The molecule has 0 unspecified atom stereocenters. The van der Waals surface area contributed by atoms with Gasteiger partial charge in [-0.2, -0.15) is 0 Å². The maximum atomic E-state index is 12.6. The third kappa shape index (κ3) is 3.16. The number of amides is 4. The van der Waals surface area contributed by atoms with Crippen molar-refractivity contribution < 1.29 is 14.4 Å². The Bertz CT molecular complexity index is 937. The molecule has 2 fully saturated rings. The smallest absolute Gasteiger partial charge is 0.325 e. The highest BCUT2D eigenvalue weighted by molar-refractivity contribution is 6.09. The van der Waals surface area contributed by atoms with Crippen molar-refractivity contribution in [2.45, 2.75) is 38.3 Å². The summed E-state index contributed by atoms with van der Waals surface area (Å²) in [5, 5.41) is 7.89. The fourth-order valence-electron chi connectivity index (χ4n) is 3.79. The monoisotopic (exact) mass is 365 g/mol. The molecule has 1 aliphatic heterocycles. The molecule has 2 aromatic carbocycles. The van der Waals surface area contributed by atoms with Crippen molar-refractivity contribution in [2.24, 2.45) is 5.92 Å². The normalized spacial score (nSPS) is 23.4. The number of rotatable bonds is 5. The van der Waals surface area contributed by atoms with Crippen LogP contribution in [0.15, 0.2) is 42.5 Å². The lowest BCUT2D eigenvalue weighted by Crippen LogP contribution is -2.47. The molecular formula is C21H23N3O3. The van der Waals surface area contributed by atoms with Crippen LogP contribution in [0.5, 0.6) is 0 Å². The molecule has 4 amide bonds. The third-order valence-electron chi connectivity index (χ3n) is 5.65. The van der Waals surface area contributed by atoms with Gasteiger partial charge in [-0.15, -0.1) is 0 Å². The highest BCUT2D eigenvalue weighted by Gasteiger charge is 2.56. The molecule has 2 aliphatic rings. The van der Waals surface area contributed by atoms with Crippen molar-refractivity contribution in [1.82, 2.24) is 15.5 Å². The Morgan fingerprint density at radius 2 is 1.93 bits per heavy atom. The third-order valence-corrected chi connectivity index (χ3v) is 5.65. The van der Waals surface area contributed by atoms with Crippen molar-refractivity contribution in [3.63, 3.8) is 0 Å². The first-order chi connectivity index (χ1) is 12.9. The minimum atomic E-state index is -0.860. The molecule has 0 spiro atoms. The van der Waals surface area contributed by atoms with E-state index in [4.69, 9.17) is 0 Å². The van der Waals surface area contributed by atoms with Crippen LogP contribution in [0.2, 0.25) is 0 Å². The standard InChI is InChI=1S/C21H23N3O3/c1-13(15-8-7-14-5-3-4-6-16(14)11-15)22-18(25)12-24-19(26)21(2,17-9-10-17)23-20(24)27/h3-8,11,13,17H,9-10,12H2,1-2H3,(H,22,25)(H,23,27)/t13-,21-/m0/s1. The highest BCUT2D eigenvalue weighted by Crippen LogP contribution is 2.42. The van der Waals surface area contributed by atoms with Gasteiger partial charge < -0.3 is 10.6 Å². The average molecular weight is 365 g/mol. The van der Waals surface area contributed by atoms with Crippen molar-refractivity contribution in [2.75, 3.05) is 6.54 Å². The molecule has 2 aromatic rings. The van der Waals surface area contributed by atoms with E-state index in [2.05, 4.69) is 10.6 Å². The summed E-state index contributed by atoms with van der Waals surface area (Å²) in [6.45, 7) is 3.38. The summed E-state index contributed by atoms with van der Waals surface area (Å²) in [7, 11) is 0. The van der Waals surface area contributed by atoms with E-state index >= 15 is 0 Å². The molecule has 1 aliphatic carbocycles. The van der Waals surface area contributed by atoms with Crippen LogP contribution in [-0.4, -0.2) is 34.8 Å². The van der Waals surface area contributed by atoms with Gasteiger partial charge in [0.1, 0.15) is 12.1 Å². The largest absolute Gasteiger partial charge is 0.348 e. The van der Waals surface area contributed by atoms with Crippen LogP contribution in [0.25, 0.3) is 10.8 Å². The van der Waals surface area contributed by atoms with E-state index in [-0.39, 0.29) is 30.3 Å². The number of hydrogen-bond acceptors (Lipinski definition) is 3. The molecule has 4 rings (SSSR count). The van der Waals surface area contributed by atoms with E-state index in [0.29, 0.717) is 0 Å². The van der Waals surface area contributed by atoms with Crippen LogP contribution in [0.1, 0.15) is 38.3 Å². The maximum Gasteiger partial charge on any atom is 0.325 e. The first kappa shape index (κ1) is 17.5. The topological polar surface area (TPSA) is 78.5 Å². The number of fused-ring (bicyclic) bond motifs is 1. The Balaban J connectivity index is 1.42. The summed E-state index contributed by atoms with van der Waals surface area (Å²) in [4.78, 5) is 38.3. The maximum absolute atomic E-state index is 12.6. The molecule has 1 saturated heterocycles. The van der Waals surface area contributed by atoms with E-state index in [1.807, 2.05) is 49.4 Å². The Morgan fingerprint density at radius 1 is 1.22 bits per heavy atom. The molecule has 6 heteroatoms. The van der Waals surface area contributed by atoms with Gasteiger partial charge in [-0.25, -0.2) is 4.79 Å². The zero-order chi connectivity index (χ0) is 19.2. The molecule has 2 N–H and O–H groups in total. The van der Waals surface area contributed by atoms with Crippen LogP contribution < -0.4 is 10.6 Å². The first-order valence-electron chi connectivity index (χ1n) is 9.30. The number of carbonyl (C=O) groups excluding carboxylic acids is 3. The van der Waals surface area contributed by atoms with Gasteiger partial charge in [0.15, 0.2) is 0 Å². The summed E-state index contributed by atoms with van der Waals surface area (Å²) >= 11 is 0. The molecular weight excluding hydrogens is 342 g/mol. The SMILES string of the molecule is C[C@H](NC(=O)CN1C(=O)N[C@@](C)(C2CC2)C1=O)c1ccc2ccccc2c1. The van der Waals surface area contributed by atoms with Gasteiger partial charge >= 0.3 is 6.03 Å². The van der Waals surface area contributed by atoms with Crippen LogP contribution in [0.4, 0.5) is 4.79 Å². The lowest BCUT2D eigenvalue weighted by Gasteiger charge is -2.21. The highest BCUT2D eigenvalue weighted by atomic mass is 16.2. The molecule has 140 valence electrons. The second-order valence-electron chi connectivity index (χ2n) is 7.69. The van der Waals surface area contributed by atoms with Gasteiger partial charge in [-0.1, -0.05) is 36.4 Å². The average Bonchev–Trinajstić information content (AvgIpc) is 3.47. The predicted octanol–water partition coefficient (Wildman–Crippen LogP) is 2.74. The minimum absolute atomic E-state index is 0.179. The Morgan fingerprint density at radius 3 is 2.63 bits per heavy atom. The number of imide groups is 1. The van der Waals surface area contributed by atoms with Crippen LogP contribution in [-0.2, 0) is 9.59 Å². The van der Waals surface area contributed by atoms with Gasteiger partial charge in [0.2, 0.25) is 5.91 Å². The quantitative estimate of drug-likeness (QED) is 0.800. The lowest BCUT2D eigenvalue weighted by molar-refractivity contribution is -0.135. The van der Waals surface area contributed by atoms with Crippen molar-refractivity contribution in [1.29, 1.82) is 0 Å². The van der Waals surface area contributed by atoms with Gasteiger partial charge in [0.05, 0.1) is 6.04 Å². The number of carbonyl (C=O) groups is 3. The summed E-state index contributed by atoms with van der Waals surface area (Å²) in [5.41, 5.74) is 0.114. The Kier molecular flexibility index (Phi) is 4.13. The van der Waals surface area contributed by atoms with Gasteiger partial charge in [-0.3, -0.25) is 14.5 Å². The number of nitrogens with one attached hydrogen (secondary N) is 2. The molecule has 27 heavy (non-hydrogen) atoms. The van der Waals surface area contributed by atoms with E-state index in [1.165, 1.54) is 0 Å². The van der Waals surface area contributed by atoms with Gasteiger partial charge in [0.25, 0.3) is 5.91 Å². The number of nitrogens with zero attached hydrogens (tertiary/aromatic N) is 1. The Hall–Kier alpha value is -2.89. The second-order valence-corrected chi connectivity index (χ2v) is 7.69. The number of urea groups is 1. The van der Waals surface area contributed by atoms with Crippen molar-refractivity contribution >= 4 is 28.6 Å². The van der Waals surface area contributed by atoms with Crippen LogP contribution >= 0.6 is 0 Å². The Labute approximate surface area is 157 Å². The van der Waals surface area contributed by atoms with Crippen LogP contribution in [0.3, 0.4) is 0 Å². The molecule has 1 saturated carbocycles. The minimum Gasteiger partial charge on any atom is -0.348 e. The zero-order valence-electron chi connectivity index (χ0n) is 15.5. The van der Waals surface area contributed by atoms with Crippen molar-refractivity contribution in [3.05, 3.63) is 48.0 Å². The first-order valence-corrected chi connectivity index (χ1v) is 9.30. The molecule has 0 radical (unpaired) electrons. The summed E-state index contributed by atoms with van der Waals surface area (Å²) in [6, 6.07) is 13.4. The zero-order valence-corrected chi connectivity index (χ0v) is 15.5. The fraction of sp³-hybridized carbons (Fsp3) is 0.381. The summed E-state index contributed by atoms with van der Waals surface area (Å²) in [6.07, 6.45) is 1.86. The summed E-state index contributed by atoms with van der Waals surface area (Å²) < 4.78 is 0. The number of hydrogen-bond donors (Lipinski definition) is 2. The lowest BCUT2D eigenvalue weighted by atomic mass is 9.96. The van der Waals surface area contributed by atoms with E-state index < -0.39 is 11.6 Å². The van der Waals surface area contributed by atoms with Crippen LogP contribution in [0, 0.1) is 5.92 Å².